The average Bonchev–Trinajstić information content (AvgIpc) is 2.82. The fourth-order valence-electron chi connectivity index (χ4n) is 1.86. The molecule has 1 aromatic heterocycles. The fourth-order valence-corrected chi connectivity index (χ4v) is 2.38. The standard InChI is InChI=1S/C13H16BrN3O2/c1-17-8-10(15-16-17)5-4-9-6-12(18-2)13(19-3)7-11(9)14/h6-8H,4-5H2,1-3H3. The number of hydrogen-bond acceptors (Lipinski definition) is 4. The third-order valence-electron chi connectivity index (χ3n) is 2.85. The summed E-state index contributed by atoms with van der Waals surface area (Å²) >= 11 is 3.55. The van der Waals surface area contributed by atoms with Gasteiger partial charge in [-0.2, -0.15) is 0 Å². The summed E-state index contributed by atoms with van der Waals surface area (Å²) in [5, 5.41) is 8.00. The molecule has 1 aromatic carbocycles. The first-order chi connectivity index (χ1) is 9.13. The van der Waals surface area contributed by atoms with Crippen LogP contribution in [-0.4, -0.2) is 29.2 Å². The summed E-state index contributed by atoms with van der Waals surface area (Å²) in [6.07, 6.45) is 3.62. The molecule has 1 heterocycles. The van der Waals surface area contributed by atoms with Crippen molar-refractivity contribution >= 4 is 15.9 Å². The normalized spacial score (nSPS) is 10.5. The summed E-state index contributed by atoms with van der Waals surface area (Å²) in [6.45, 7) is 0. The smallest absolute Gasteiger partial charge is 0.161 e. The molecule has 2 rings (SSSR count). The second kappa shape index (κ2) is 6.06. The van der Waals surface area contributed by atoms with Crippen LogP contribution in [0.5, 0.6) is 11.5 Å². The van der Waals surface area contributed by atoms with E-state index in [9.17, 15) is 0 Å². The highest BCUT2D eigenvalue weighted by Gasteiger charge is 2.10. The van der Waals surface area contributed by atoms with Crippen LogP contribution in [0, 0.1) is 0 Å². The zero-order valence-electron chi connectivity index (χ0n) is 11.2. The Hall–Kier alpha value is -1.56. The molecule has 19 heavy (non-hydrogen) atoms. The Balaban J connectivity index is 2.15. The SMILES string of the molecule is COc1cc(Br)c(CCc2cn(C)nn2)cc1OC. The lowest BCUT2D eigenvalue weighted by Crippen LogP contribution is -1.97. The highest BCUT2D eigenvalue weighted by Crippen LogP contribution is 2.33. The Labute approximate surface area is 120 Å². The summed E-state index contributed by atoms with van der Waals surface area (Å²) in [6, 6.07) is 3.91. The Morgan fingerprint density at radius 2 is 1.84 bits per heavy atom. The van der Waals surface area contributed by atoms with Crippen LogP contribution in [0.4, 0.5) is 0 Å². The van der Waals surface area contributed by atoms with Crippen LogP contribution in [0.25, 0.3) is 0 Å². The van der Waals surface area contributed by atoms with Gasteiger partial charge in [0.1, 0.15) is 0 Å². The van der Waals surface area contributed by atoms with Gasteiger partial charge in [-0.05, 0) is 30.5 Å². The van der Waals surface area contributed by atoms with Crippen molar-refractivity contribution in [3.05, 3.63) is 34.1 Å². The van der Waals surface area contributed by atoms with Crippen LogP contribution < -0.4 is 9.47 Å². The summed E-state index contributed by atoms with van der Waals surface area (Å²) in [5.41, 5.74) is 2.13. The van der Waals surface area contributed by atoms with Gasteiger partial charge in [0.15, 0.2) is 11.5 Å². The molecule has 2 aromatic rings. The summed E-state index contributed by atoms with van der Waals surface area (Å²) in [5.74, 6) is 1.46. The first-order valence-corrected chi connectivity index (χ1v) is 6.69. The maximum Gasteiger partial charge on any atom is 0.161 e. The second-order valence-electron chi connectivity index (χ2n) is 4.18. The number of benzene rings is 1. The van der Waals surface area contributed by atoms with E-state index in [1.54, 1.807) is 18.9 Å². The van der Waals surface area contributed by atoms with Gasteiger partial charge in [0, 0.05) is 17.7 Å². The Kier molecular flexibility index (Phi) is 4.42. The molecule has 6 heteroatoms. The number of hydrogen-bond donors (Lipinski definition) is 0. The molecule has 0 N–H and O–H groups in total. The minimum absolute atomic E-state index is 0.720. The molecule has 0 aliphatic rings. The van der Waals surface area contributed by atoms with Gasteiger partial charge in [-0.3, -0.25) is 4.68 Å². The van der Waals surface area contributed by atoms with Crippen LogP contribution >= 0.6 is 15.9 Å². The lowest BCUT2D eigenvalue weighted by Gasteiger charge is -2.11. The monoisotopic (exact) mass is 325 g/mol. The van der Waals surface area contributed by atoms with Crippen LogP contribution in [-0.2, 0) is 19.9 Å². The van der Waals surface area contributed by atoms with E-state index >= 15 is 0 Å². The number of rotatable bonds is 5. The molecule has 0 atom stereocenters. The van der Waals surface area contributed by atoms with Crippen molar-refractivity contribution in [1.82, 2.24) is 15.0 Å². The molecule has 102 valence electrons. The molecule has 0 spiro atoms. The molecule has 0 saturated carbocycles. The summed E-state index contributed by atoms with van der Waals surface area (Å²) in [7, 11) is 5.13. The Bertz CT molecular complexity index is 569. The second-order valence-corrected chi connectivity index (χ2v) is 5.04. The average molecular weight is 326 g/mol. The van der Waals surface area contributed by atoms with Crippen molar-refractivity contribution in [3.8, 4) is 11.5 Å². The number of aryl methyl sites for hydroxylation is 3. The molecule has 0 radical (unpaired) electrons. The van der Waals surface area contributed by atoms with Crippen LogP contribution in [0.15, 0.2) is 22.8 Å². The van der Waals surface area contributed by atoms with E-state index in [1.165, 1.54) is 0 Å². The molecule has 0 aliphatic heterocycles. The lowest BCUT2D eigenvalue weighted by atomic mass is 10.1. The van der Waals surface area contributed by atoms with E-state index < -0.39 is 0 Å². The first kappa shape index (κ1) is 13.9. The number of aromatic nitrogens is 3. The minimum Gasteiger partial charge on any atom is -0.493 e. The molecule has 5 nitrogen and oxygen atoms in total. The van der Waals surface area contributed by atoms with Gasteiger partial charge in [0.25, 0.3) is 0 Å². The molecule has 0 aliphatic carbocycles. The maximum atomic E-state index is 5.31. The third-order valence-corrected chi connectivity index (χ3v) is 3.59. The summed E-state index contributed by atoms with van der Waals surface area (Å²) in [4.78, 5) is 0. The zero-order valence-corrected chi connectivity index (χ0v) is 12.8. The van der Waals surface area contributed by atoms with Crippen molar-refractivity contribution in [3.63, 3.8) is 0 Å². The number of methoxy groups -OCH3 is 2. The van der Waals surface area contributed by atoms with E-state index in [-0.39, 0.29) is 0 Å². The van der Waals surface area contributed by atoms with E-state index in [4.69, 9.17) is 9.47 Å². The molecule has 0 bridgehead atoms. The quantitative estimate of drug-likeness (QED) is 0.846. The molecule has 0 unspecified atom stereocenters. The van der Waals surface area contributed by atoms with Crippen LogP contribution in [0.1, 0.15) is 11.3 Å². The molecule has 0 fully saturated rings. The number of halogens is 1. The van der Waals surface area contributed by atoms with E-state index in [2.05, 4.69) is 26.2 Å². The van der Waals surface area contributed by atoms with Crippen molar-refractivity contribution in [2.24, 2.45) is 7.05 Å². The maximum absolute atomic E-state index is 5.31. The van der Waals surface area contributed by atoms with Crippen molar-refractivity contribution in [2.75, 3.05) is 14.2 Å². The predicted molar refractivity (Wildman–Crippen MR) is 75.7 cm³/mol. The van der Waals surface area contributed by atoms with Gasteiger partial charge < -0.3 is 9.47 Å². The Morgan fingerprint density at radius 3 is 2.42 bits per heavy atom. The van der Waals surface area contributed by atoms with Gasteiger partial charge in [0.2, 0.25) is 0 Å². The molecule has 0 saturated heterocycles. The minimum atomic E-state index is 0.720. The van der Waals surface area contributed by atoms with Gasteiger partial charge >= 0.3 is 0 Å². The molecule has 0 amide bonds. The first-order valence-electron chi connectivity index (χ1n) is 5.89. The van der Waals surface area contributed by atoms with Gasteiger partial charge in [-0.1, -0.05) is 21.1 Å². The van der Waals surface area contributed by atoms with E-state index in [0.717, 1.165) is 40.1 Å². The Morgan fingerprint density at radius 1 is 1.16 bits per heavy atom. The highest BCUT2D eigenvalue weighted by molar-refractivity contribution is 9.10. The van der Waals surface area contributed by atoms with Crippen molar-refractivity contribution in [2.45, 2.75) is 12.8 Å². The van der Waals surface area contributed by atoms with Gasteiger partial charge in [-0.25, -0.2) is 0 Å². The zero-order chi connectivity index (χ0) is 13.8. The predicted octanol–water partition coefficient (Wildman–Crippen LogP) is 2.38. The van der Waals surface area contributed by atoms with Crippen LogP contribution in [0.2, 0.25) is 0 Å². The fraction of sp³-hybridized carbons (Fsp3) is 0.385. The van der Waals surface area contributed by atoms with Crippen molar-refractivity contribution < 1.29 is 9.47 Å². The number of ether oxygens (including phenoxy) is 2. The molecular weight excluding hydrogens is 310 g/mol. The van der Waals surface area contributed by atoms with Gasteiger partial charge in [-0.15, -0.1) is 5.10 Å². The van der Waals surface area contributed by atoms with Crippen LogP contribution in [0.3, 0.4) is 0 Å². The highest BCUT2D eigenvalue weighted by atomic mass is 79.9. The summed E-state index contributed by atoms with van der Waals surface area (Å²) < 4.78 is 13.3. The van der Waals surface area contributed by atoms with E-state index in [0.29, 0.717) is 0 Å². The van der Waals surface area contributed by atoms with Crippen molar-refractivity contribution in [1.29, 1.82) is 0 Å². The third kappa shape index (κ3) is 3.26. The topological polar surface area (TPSA) is 49.2 Å². The molecular formula is C13H16BrN3O2. The van der Waals surface area contributed by atoms with E-state index in [1.807, 2.05) is 25.4 Å². The lowest BCUT2D eigenvalue weighted by molar-refractivity contribution is 0.354. The number of nitrogens with zero attached hydrogens (tertiary/aromatic N) is 3. The largest absolute Gasteiger partial charge is 0.493 e. The van der Waals surface area contributed by atoms with Gasteiger partial charge in [0.05, 0.1) is 19.9 Å².